The van der Waals surface area contributed by atoms with Gasteiger partial charge in [-0.2, -0.15) is 24.9 Å². The first-order chi connectivity index (χ1) is 13.2. The number of hydrogen-bond donors (Lipinski definition) is 2. The molecule has 0 heterocycles. The van der Waals surface area contributed by atoms with Crippen molar-refractivity contribution in [2.45, 2.75) is 50.4 Å². The van der Waals surface area contributed by atoms with Crippen molar-refractivity contribution in [3.63, 3.8) is 0 Å². The Morgan fingerprint density at radius 3 is 2.64 bits per heavy atom. The predicted molar refractivity (Wildman–Crippen MR) is 106 cm³/mol. The lowest BCUT2D eigenvalue weighted by molar-refractivity contribution is -0.184. The van der Waals surface area contributed by atoms with E-state index in [9.17, 15) is 22.8 Å². The molecule has 0 bridgehead atoms. The Balaban J connectivity index is 2.02. The molecule has 0 spiro atoms. The second kappa shape index (κ2) is 10.4. The number of carbonyl (C=O) groups excluding carboxylic acids is 2. The minimum absolute atomic E-state index is 0.0923. The molecule has 4 nitrogen and oxygen atoms in total. The number of benzene rings is 1. The Morgan fingerprint density at radius 1 is 1.29 bits per heavy atom. The molecular weight excluding hydrogens is 413 g/mol. The first-order valence-electron chi connectivity index (χ1n) is 9.13. The number of halogens is 4. The van der Waals surface area contributed by atoms with Gasteiger partial charge >= 0.3 is 6.18 Å². The molecule has 2 rings (SSSR count). The van der Waals surface area contributed by atoms with Crippen molar-refractivity contribution in [3.8, 4) is 0 Å². The smallest absolute Gasteiger partial charge is 0.352 e. The molecule has 0 saturated heterocycles. The van der Waals surface area contributed by atoms with Crippen LogP contribution in [0.3, 0.4) is 0 Å². The maximum atomic E-state index is 13.0. The fourth-order valence-corrected chi connectivity index (χ4v) is 4.00. The van der Waals surface area contributed by atoms with Crippen LogP contribution in [0.15, 0.2) is 24.3 Å². The van der Waals surface area contributed by atoms with Gasteiger partial charge in [-0.25, -0.2) is 0 Å². The van der Waals surface area contributed by atoms with E-state index in [1.807, 2.05) is 6.26 Å². The Labute approximate surface area is 172 Å². The Bertz CT molecular complexity index is 687. The molecule has 1 aliphatic rings. The van der Waals surface area contributed by atoms with Gasteiger partial charge in [0.2, 0.25) is 5.91 Å². The number of thioether (sulfide) groups is 1. The summed E-state index contributed by atoms with van der Waals surface area (Å²) in [7, 11) is 0. The lowest BCUT2D eigenvalue weighted by Crippen LogP contribution is -2.51. The van der Waals surface area contributed by atoms with Gasteiger partial charge in [-0.15, -0.1) is 0 Å². The topological polar surface area (TPSA) is 58.2 Å². The highest BCUT2D eigenvalue weighted by atomic mass is 35.5. The average molecular weight is 437 g/mol. The summed E-state index contributed by atoms with van der Waals surface area (Å²) in [5, 5.41) is 5.64. The largest absolute Gasteiger partial charge is 0.391 e. The van der Waals surface area contributed by atoms with Crippen LogP contribution in [0.25, 0.3) is 0 Å². The molecule has 3 unspecified atom stereocenters. The van der Waals surface area contributed by atoms with Crippen molar-refractivity contribution in [2.75, 3.05) is 12.0 Å². The zero-order valence-corrected chi connectivity index (χ0v) is 17.1. The fraction of sp³-hybridized carbons (Fsp3) is 0.579. The third kappa shape index (κ3) is 6.58. The third-order valence-corrected chi connectivity index (χ3v) is 5.81. The highest BCUT2D eigenvalue weighted by Crippen LogP contribution is 2.37. The van der Waals surface area contributed by atoms with Crippen molar-refractivity contribution < 1.29 is 22.8 Å². The molecule has 1 fully saturated rings. The van der Waals surface area contributed by atoms with E-state index in [2.05, 4.69) is 10.6 Å². The van der Waals surface area contributed by atoms with Crippen LogP contribution in [0, 0.1) is 5.92 Å². The van der Waals surface area contributed by atoms with Crippen LogP contribution < -0.4 is 10.6 Å². The van der Waals surface area contributed by atoms with Crippen LogP contribution >= 0.6 is 23.4 Å². The highest BCUT2D eigenvalue weighted by molar-refractivity contribution is 7.98. The zero-order chi connectivity index (χ0) is 20.7. The molecule has 1 aliphatic carbocycles. The summed E-state index contributed by atoms with van der Waals surface area (Å²) in [4.78, 5) is 25.2. The molecule has 0 aromatic heterocycles. The van der Waals surface area contributed by atoms with Crippen molar-refractivity contribution in [1.82, 2.24) is 10.6 Å². The lowest BCUT2D eigenvalue weighted by Gasteiger charge is -2.32. The van der Waals surface area contributed by atoms with E-state index in [-0.39, 0.29) is 23.4 Å². The van der Waals surface area contributed by atoms with Gasteiger partial charge in [0.25, 0.3) is 5.91 Å². The predicted octanol–water partition coefficient (Wildman–Crippen LogP) is 4.43. The quantitative estimate of drug-likeness (QED) is 0.664. The monoisotopic (exact) mass is 436 g/mol. The Morgan fingerprint density at radius 2 is 2.00 bits per heavy atom. The normalized spacial score (nSPS) is 21.0. The molecule has 2 amide bonds. The molecule has 9 heteroatoms. The molecule has 0 aliphatic heterocycles. The summed E-state index contributed by atoms with van der Waals surface area (Å²) in [6, 6.07) is 5.11. The summed E-state index contributed by atoms with van der Waals surface area (Å²) in [5.74, 6) is -1.71. The van der Waals surface area contributed by atoms with Crippen LogP contribution in [0.1, 0.15) is 42.5 Å². The van der Waals surface area contributed by atoms with Crippen LogP contribution in [-0.2, 0) is 4.79 Å². The second-order valence-corrected chi connectivity index (χ2v) is 8.29. The van der Waals surface area contributed by atoms with Crippen LogP contribution in [0.4, 0.5) is 13.2 Å². The fourth-order valence-electron chi connectivity index (χ4n) is 3.31. The first-order valence-corrected chi connectivity index (χ1v) is 10.9. The molecule has 28 heavy (non-hydrogen) atoms. The van der Waals surface area contributed by atoms with Gasteiger partial charge in [0.1, 0.15) is 6.04 Å². The number of hydrogen-bond acceptors (Lipinski definition) is 3. The number of rotatable bonds is 7. The van der Waals surface area contributed by atoms with Gasteiger partial charge in [-0.1, -0.05) is 30.2 Å². The molecule has 1 saturated carbocycles. The van der Waals surface area contributed by atoms with Crippen LogP contribution in [-0.4, -0.2) is 42.1 Å². The van der Waals surface area contributed by atoms with E-state index in [0.29, 0.717) is 25.0 Å². The summed E-state index contributed by atoms with van der Waals surface area (Å²) in [6.07, 6.45) is -1.11. The minimum atomic E-state index is -4.25. The van der Waals surface area contributed by atoms with Gasteiger partial charge in [0.05, 0.1) is 16.5 Å². The van der Waals surface area contributed by atoms with Crippen LogP contribution in [0.2, 0.25) is 5.02 Å². The Kier molecular flexibility index (Phi) is 8.49. The van der Waals surface area contributed by atoms with E-state index < -0.39 is 36.0 Å². The standard InChI is InChI=1S/C19H24ClF3N2O2S/c1-28-10-9-16(25-17(26)14-7-2-3-8-15(14)20)18(27)24-13-6-4-5-12(11-13)19(21,22)23/h2-3,7-8,12-13,16H,4-6,9-11H2,1H3,(H,24,27)(H,25,26). The average Bonchev–Trinajstić information content (AvgIpc) is 2.64. The van der Waals surface area contributed by atoms with Gasteiger partial charge in [-0.05, 0) is 49.8 Å². The first kappa shape index (κ1) is 22.9. The number of amides is 2. The summed E-state index contributed by atoms with van der Waals surface area (Å²) < 4.78 is 39.0. The zero-order valence-electron chi connectivity index (χ0n) is 15.5. The van der Waals surface area contributed by atoms with E-state index in [1.54, 1.807) is 24.3 Å². The number of carbonyl (C=O) groups is 2. The summed E-state index contributed by atoms with van der Waals surface area (Å²) in [6.45, 7) is 0. The van der Waals surface area contributed by atoms with Gasteiger partial charge in [0.15, 0.2) is 0 Å². The molecule has 156 valence electrons. The Hall–Kier alpha value is -1.41. The van der Waals surface area contributed by atoms with E-state index in [4.69, 9.17) is 11.6 Å². The second-order valence-electron chi connectivity index (χ2n) is 6.90. The van der Waals surface area contributed by atoms with Crippen LogP contribution in [0.5, 0.6) is 0 Å². The molecule has 1 aromatic rings. The maximum Gasteiger partial charge on any atom is 0.391 e. The summed E-state index contributed by atoms with van der Waals surface area (Å²) >= 11 is 7.55. The molecule has 3 atom stereocenters. The van der Waals surface area contributed by atoms with Crippen molar-refractivity contribution in [2.24, 2.45) is 5.92 Å². The van der Waals surface area contributed by atoms with E-state index in [0.717, 1.165) is 0 Å². The number of nitrogens with one attached hydrogen (secondary N) is 2. The van der Waals surface area contributed by atoms with Gasteiger partial charge < -0.3 is 10.6 Å². The van der Waals surface area contributed by atoms with Crippen molar-refractivity contribution in [1.29, 1.82) is 0 Å². The minimum Gasteiger partial charge on any atom is -0.352 e. The van der Waals surface area contributed by atoms with E-state index in [1.165, 1.54) is 11.8 Å². The maximum absolute atomic E-state index is 13.0. The highest BCUT2D eigenvalue weighted by Gasteiger charge is 2.42. The van der Waals surface area contributed by atoms with Gasteiger partial charge in [-0.3, -0.25) is 9.59 Å². The van der Waals surface area contributed by atoms with Crippen molar-refractivity contribution >= 4 is 35.2 Å². The van der Waals surface area contributed by atoms with E-state index >= 15 is 0 Å². The van der Waals surface area contributed by atoms with Crippen molar-refractivity contribution in [3.05, 3.63) is 34.9 Å². The molecule has 2 N–H and O–H groups in total. The molecular formula is C19H24ClF3N2O2S. The SMILES string of the molecule is CSCCC(NC(=O)c1ccccc1Cl)C(=O)NC1CCCC(C(F)(F)F)C1. The summed E-state index contributed by atoms with van der Waals surface area (Å²) in [5.41, 5.74) is 0.251. The van der Waals surface area contributed by atoms with Gasteiger partial charge in [0, 0.05) is 6.04 Å². The lowest BCUT2D eigenvalue weighted by atomic mass is 9.85. The third-order valence-electron chi connectivity index (χ3n) is 4.83. The molecule has 1 aromatic carbocycles. The number of alkyl halides is 3. The molecule has 0 radical (unpaired) electrons.